The molecule has 1 amide bonds. The molecular weight excluding hydrogens is 396 g/mol. The molecule has 0 spiro atoms. The summed E-state index contributed by atoms with van der Waals surface area (Å²) in [5.41, 5.74) is 1.56. The lowest BCUT2D eigenvalue weighted by Gasteiger charge is -2.19. The van der Waals surface area contributed by atoms with Crippen LogP contribution >= 0.6 is 11.3 Å². The normalized spacial score (nSPS) is 17.6. The SMILES string of the molecule is CCOc1ccc(NC(=O)c2sccc2C2CC2)cc1S(=O)(=O)N1CCCC1. The van der Waals surface area contributed by atoms with Crippen LogP contribution in [0.3, 0.4) is 0 Å². The predicted molar refractivity (Wildman–Crippen MR) is 110 cm³/mol. The minimum absolute atomic E-state index is 0.114. The van der Waals surface area contributed by atoms with Crippen molar-refractivity contribution in [3.63, 3.8) is 0 Å². The molecule has 6 nitrogen and oxygen atoms in total. The fourth-order valence-electron chi connectivity index (χ4n) is 3.54. The van der Waals surface area contributed by atoms with Crippen LogP contribution in [0.5, 0.6) is 5.75 Å². The Labute approximate surface area is 169 Å². The molecular formula is C20H24N2O4S2. The molecule has 2 aromatic rings. The minimum atomic E-state index is -3.66. The number of anilines is 1. The third-order valence-corrected chi connectivity index (χ3v) is 7.95. The Morgan fingerprint density at radius 3 is 2.68 bits per heavy atom. The number of carbonyl (C=O) groups excluding carboxylic acids is 1. The molecule has 1 aliphatic carbocycles. The zero-order valence-electron chi connectivity index (χ0n) is 15.8. The highest BCUT2D eigenvalue weighted by molar-refractivity contribution is 7.89. The monoisotopic (exact) mass is 420 g/mol. The maximum absolute atomic E-state index is 13.1. The molecule has 0 unspecified atom stereocenters. The molecule has 1 aromatic carbocycles. The van der Waals surface area contributed by atoms with Crippen molar-refractivity contribution < 1.29 is 17.9 Å². The summed E-state index contributed by atoms with van der Waals surface area (Å²) >= 11 is 1.42. The molecule has 2 heterocycles. The largest absolute Gasteiger partial charge is 0.492 e. The van der Waals surface area contributed by atoms with Gasteiger partial charge in [0.1, 0.15) is 10.6 Å². The van der Waals surface area contributed by atoms with Crippen molar-refractivity contribution in [2.75, 3.05) is 25.0 Å². The first kappa shape index (κ1) is 19.4. The summed E-state index contributed by atoms with van der Waals surface area (Å²) in [6.45, 7) is 3.22. The van der Waals surface area contributed by atoms with Gasteiger partial charge in [-0.25, -0.2) is 8.42 Å². The zero-order valence-corrected chi connectivity index (χ0v) is 17.4. The van der Waals surface area contributed by atoms with E-state index >= 15 is 0 Å². The van der Waals surface area contributed by atoms with Gasteiger partial charge in [0.25, 0.3) is 5.91 Å². The Hall–Kier alpha value is -1.90. The van der Waals surface area contributed by atoms with E-state index in [0.29, 0.717) is 41.9 Å². The summed E-state index contributed by atoms with van der Waals surface area (Å²) < 4.78 is 33.2. The highest BCUT2D eigenvalue weighted by atomic mass is 32.2. The van der Waals surface area contributed by atoms with Crippen LogP contribution in [0.15, 0.2) is 34.5 Å². The van der Waals surface area contributed by atoms with Gasteiger partial charge >= 0.3 is 0 Å². The van der Waals surface area contributed by atoms with E-state index in [0.717, 1.165) is 31.2 Å². The number of benzene rings is 1. The molecule has 1 N–H and O–H groups in total. The number of thiophene rings is 1. The van der Waals surface area contributed by atoms with E-state index in [-0.39, 0.29) is 10.8 Å². The van der Waals surface area contributed by atoms with Gasteiger partial charge in [0.2, 0.25) is 10.0 Å². The third kappa shape index (κ3) is 3.81. The van der Waals surface area contributed by atoms with Crippen LogP contribution < -0.4 is 10.1 Å². The standard InChI is InChI=1S/C20H24N2O4S2/c1-2-26-17-8-7-15(13-18(17)28(24,25)22-10-3-4-11-22)21-20(23)19-16(9-12-27-19)14-5-6-14/h7-9,12-14H,2-6,10-11H2,1H3,(H,21,23). The van der Waals surface area contributed by atoms with Gasteiger partial charge in [-0.05, 0) is 73.7 Å². The first-order valence-corrected chi connectivity index (χ1v) is 12.0. The van der Waals surface area contributed by atoms with Crippen LogP contribution in [0.4, 0.5) is 5.69 Å². The number of amides is 1. The van der Waals surface area contributed by atoms with E-state index in [2.05, 4.69) is 5.32 Å². The smallest absolute Gasteiger partial charge is 0.266 e. The second-order valence-electron chi connectivity index (χ2n) is 7.14. The van der Waals surface area contributed by atoms with Crippen LogP contribution in [0.1, 0.15) is 53.8 Å². The molecule has 28 heavy (non-hydrogen) atoms. The molecule has 0 radical (unpaired) electrons. The number of ether oxygens (including phenoxy) is 1. The fourth-order valence-corrected chi connectivity index (χ4v) is 6.09. The number of rotatable bonds is 7. The number of carbonyl (C=O) groups is 1. The average Bonchev–Trinajstić information content (AvgIpc) is 3.17. The molecule has 2 fully saturated rings. The van der Waals surface area contributed by atoms with E-state index < -0.39 is 10.0 Å². The maximum Gasteiger partial charge on any atom is 0.266 e. The Balaban J connectivity index is 1.63. The highest BCUT2D eigenvalue weighted by Crippen LogP contribution is 2.43. The first-order chi connectivity index (χ1) is 13.5. The predicted octanol–water partition coefficient (Wildman–Crippen LogP) is 4.06. The average molecular weight is 421 g/mol. The van der Waals surface area contributed by atoms with Crippen molar-refractivity contribution >= 4 is 33.0 Å². The van der Waals surface area contributed by atoms with Crippen molar-refractivity contribution in [1.82, 2.24) is 4.31 Å². The van der Waals surface area contributed by atoms with Crippen LogP contribution in [0.2, 0.25) is 0 Å². The summed E-state index contributed by atoms with van der Waals surface area (Å²) in [6.07, 6.45) is 3.97. The Bertz CT molecular complexity index is 974. The number of hydrogen-bond acceptors (Lipinski definition) is 5. The first-order valence-electron chi connectivity index (χ1n) is 9.66. The van der Waals surface area contributed by atoms with Gasteiger partial charge in [0, 0.05) is 18.8 Å². The van der Waals surface area contributed by atoms with Crippen molar-refractivity contribution in [2.24, 2.45) is 0 Å². The van der Waals surface area contributed by atoms with Gasteiger partial charge in [-0.2, -0.15) is 4.31 Å². The van der Waals surface area contributed by atoms with Gasteiger partial charge < -0.3 is 10.1 Å². The second kappa shape index (κ2) is 7.85. The van der Waals surface area contributed by atoms with Crippen molar-refractivity contribution in [2.45, 2.75) is 43.4 Å². The van der Waals surface area contributed by atoms with Crippen LogP contribution in [0.25, 0.3) is 0 Å². The molecule has 1 aromatic heterocycles. The zero-order chi connectivity index (χ0) is 19.7. The minimum Gasteiger partial charge on any atom is -0.492 e. The molecule has 150 valence electrons. The van der Waals surface area contributed by atoms with Gasteiger partial charge in [0.05, 0.1) is 11.5 Å². The Morgan fingerprint density at radius 1 is 1.25 bits per heavy atom. The molecule has 1 saturated heterocycles. The summed E-state index contributed by atoms with van der Waals surface area (Å²) in [4.78, 5) is 13.6. The second-order valence-corrected chi connectivity index (χ2v) is 9.96. The molecule has 0 atom stereocenters. The maximum atomic E-state index is 13.1. The summed E-state index contributed by atoms with van der Waals surface area (Å²) in [5.74, 6) is 0.617. The number of nitrogens with one attached hydrogen (secondary N) is 1. The van der Waals surface area contributed by atoms with Crippen molar-refractivity contribution in [3.8, 4) is 5.75 Å². The third-order valence-electron chi connectivity index (χ3n) is 5.10. The van der Waals surface area contributed by atoms with E-state index in [1.165, 1.54) is 21.7 Å². The van der Waals surface area contributed by atoms with E-state index in [1.807, 2.05) is 18.4 Å². The Kier molecular flexibility index (Phi) is 5.44. The number of hydrogen-bond donors (Lipinski definition) is 1. The van der Waals surface area contributed by atoms with Gasteiger partial charge in [-0.3, -0.25) is 4.79 Å². The lowest BCUT2D eigenvalue weighted by Crippen LogP contribution is -2.28. The molecule has 8 heteroatoms. The molecule has 1 saturated carbocycles. The lowest BCUT2D eigenvalue weighted by molar-refractivity contribution is 0.102. The quantitative estimate of drug-likeness (QED) is 0.733. The van der Waals surface area contributed by atoms with Crippen molar-refractivity contribution in [3.05, 3.63) is 40.1 Å². The molecule has 0 bridgehead atoms. The van der Waals surface area contributed by atoms with Gasteiger partial charge in [-0.1, -0.05) is 0 Å². The number of nitrogens with zero attached hydrogens (tertiary/aromatic N) is 1. The molecule has 2 aliphatic rings. The topological polar surface area (TPSA) is 75.7 Å². The van der Waals surface area contributed by atoms with Gasteiger partial charge in [-0.15, -0.1) is 11.3 Å². The van der Waals surface area contributed by atoms with Crippen LogP contribution in [-0.2, 0) is 10.0 Å². The summed E-state index contributed by atoms with van der Waals surface area (Å²) in [5, 5.41) is 4.81. The molecule has 1 aliphatic heterocycles. The Morgan fingerprint density at radius 2 is 2.00 bits per heavy atom. The highest BCUT2D eigenvalue weighted by Gasteiger charge is 2.31. The molecule has 4 rings (SSSR count). The summed E-state index contributed by atoms with van der Waals surface area (Å²) in [6, 6.07) is 6.84. The van der Waals surface area contributed by atoms with E-state index in [1.54, 1.807) is 12.1 Å². The van der Waals surface area contributed by atoms with Crippen LogP contribution in [-0.4, -0.2) is 38.3 Å². The summed E-state index contributed by atoms with van der Waals surface area (Å²) in [7, 11) is -3.66. The van der Waals surface area contributed by atoms with E-state index in [9.17, 15) is 13.2 Å². The van der Waals surface area contributed by atoms with Gasteiger partial charge in [0.15, 0.2) is 0 Å². The van der Waals surface area contributed by atoms with Crippen LogP contribution in [0, 0.1) is 0 Å². The van der Waals surface area contributed by atoms with Crippen molar-refractivity contribution in [1.29, 1.82) is 0 Å². The van der Waals surface area contributed by atoms with E-state index in [4.69, 9.17) is 4.74 Å². The number of sulfonamides is 1. The lowest BCUT2D eigenvalue weighted by atomic mass is 10.1. The fraction of sp³-hybridized carbons (Fsp3) is 0.450.